The van der Waals surface area contributed by atoms with Crippen LogP contribution in [-0.2, 0) is 42.9 Å². The second-order valence-corrected chi connectivity index (χ2v) is 14.8. The Kier molecular flexibility index (Phi) is 12.3. The van der Waals surface area contributed by atoms with E-state index in [4.69, 9.17) is 31.9 Å². The van der Waals surface area contributed by atoms with Gasteiger partial charge in [0.05, 0.1) is 16.3 Å². The van der Waals surface area contributed by atoms with Gasteiger partial charge >= 0.3 is 30.2 Å². The van der Waals surface area contributed by atoms with Gasteiger partial charge in [-0.05, 0) is 74.3 Å². The van der Waals surface area contributed by atoms with Crippen molar-refractivity contribution < 1.29 is 51.7 Å². The number of para-hydroxylation sites is 1. The van der Waals surface area contributed by atoms with Gasteiger partial charge in [0.15, 0.2) is 6.10 Å². The van der Waals surface area contributed by atoms with Gasteiger partial charge in [-0.1, -0.05) is 29.8 Å². The van der Waals surface area contributed by atoms with Crippen molar-refractivity contribution in [3.8, 4) is 0 Å². The number of rotatable bonds is 7. The van der Waals surface area contributed by atoms with E-state index in [9.17, 15) is 37.1 Å². The number of anilines is 2. The van der Waals surface area contributed by atoms with Gasteiger partial charge in [-0.3, -0.25) is 9.69 Å². The first-order valence-corrected chi connectivity index (χ1v) is 18.8. The maximum absolute atomic E-state index is 14.0. The van der Waals surface area contributed by atoms with E-state index in [0.29, 0.717) is 77.7 Å². The third kappa shape index (κ3) is 9.55. The number of amides is 4. The van der Waals surface area contributed by atoms with E-state index in [2.05, 4.69) is 10.2 Å². The number of fused-ring (bicyclic) bond motifs is 1. The maximum Gasteiger partial charge on any atom is 0.418 e. The Bertz CT molecular complexity index is 1780. The van der Waals surface area contributed by atoms with E-state index in [1.165, 1.54) is 11.0 Å². The summed E-state index contributed by atoms with van der Waals surface area (Å²) in [5.41, 5.74) is 5.67. The van der Waals surface area contributed by atoms with Crippen LogP contribution in [0.1, 0.15) is 55.2 Å². The Morgan fingerprint density at radius 2 is 1.55 bits per heavy atom. The van der Waals surface area contributed by atoms with Crippen molar-refractivity contribution in [3.05, 3.63) is 58.1 Å². The zero-order valence-corrected chi connectivity index (χ0v) is 30.8. The summed E-state index contributed by atoms with van der Waals surface area (Å²) in [6.45, 7) is 2.74. The molecule has 55 heavy (non-hydrogen) atoms. The summed E-state index contributed by atoms with van der Waals surface area (Å²) in [5.74, 6) is -3.48. The number of hydrogen-bond donors (Lipinski definition) is 3. The number of urea groups is 1. The number of carbonyl (C=O) groups is 5. The van der Waals surface area contributed by atoms with Crippen molar-refractivity contribution in [3.63, 3.8) is 0 Å². The number of ether oxygens (including phenoxy) is 2. The van der Waals surface area contributed by atoms with Crippen LogP contribution in [0.3, 0.4) is 0 Å². The Morgan fingerprint density at radius 3 is 2.20 bits per heavy atom. The number of halogens is 4. The third-order valence-electron chi connectivity index (χ3n) is 11.0. The minimum absolute atomic E-state index is 0.0194. The number of likely N-dealkylation sites (tertiary alicyclic amines) is 3. The van der Waals surface area contributed by atoms with E-state index in [1.54, 1.807) is 9.80 Å². The molecule has 0 spiro atoms. The van der Waals surface area contributed by atoms with Gasteiger partial charge in [0.1, 0.15) is 6.10 Å². The Labute approximate surface area is 320 Å². The Balaban J connectivity index is 1.09. The van der Waals surface area contributed by atoms with Crippen LogP contribution in [-0.4, -0.2) is 125 Å². The molecule has 4 amide bonds. The molecule has 14 nitrogen and oxygen atoms in total. The molecule has 0 radical (unpaired) electrons. The standard InChI is InChI=1S/C37H44ClF3N6O8/c38-28-20-22(19-27(31(28)42)37(39,40)41)21-30(32(48)45-12-6-24(7-13-45)44-16-10-26(11-17-44)54-34(51)33(49)50)55-36(53)46-14-8-25(9-15-46)47-18-5-23-3-1-2-4-29(23)43-35(47)52/h1-4,19-20,24-26,30H,5-18,21,42H2,(H,43,52)(H,49,50)/t30-/m1/s1. The van der Waals surface area contributed by atoms with E-state index in [-0.39, 0.29) is 48.2 Å². The summed E-state index contributed by atoms with van der Waals surface area (Å²) < 4.78 is 52.4. The van der Waals surface area contributed by atoms with Crippen molar-refractivity contribution in [2.24, 2.45) is 0 Å². The lowest BCUT2D eigenvalue weighted by molar-refractivity contribution is -0.169. The van der Waals surface area contributed by atoms with Gasteiger partial charge < -0.3 is 40.3 Å². The number of nitrogen functional groups attached to an aromatic ring is 1. The number of carboxylic acids is 1. The van der Waals surface area contributed by atoms with Crippen molar-refractivity contribution in [2.45, 2.75) is 81.8 Å². The first-order valence-electron chi connectivity index (χ1n) is 18.4. The largest absolute Gasteiger partial charge is 0.473 e. The Morgan fingerprint density at radius 1 is 0.909 bits per heavy atom. The van der Waals surface area contributed by atoms with Crippen LogP contribution in [0.15, 0.2) is 36.4 Å². The minimum Gasteiger partial charge on any atom is -0.473 e. The monoisotopic (exact) mass is 792 g/mol. The van der Waals surface area contributed by atoms with Crippen LogP contribution in [0.5, 0.6) is 0 Å². The number of nitrogens with two attached hydrogens (primary N) is 1. The molecule has 4 aliphatic heterocycles. The maximum atomic E-state index is 14.0. The molecule has 3 saturated heterocycles. The summed E-state index contributed by atoms with van der Waals surface area (Å²) in [5, 5.41) is 11.4. The van der Waals surface area contributed by atoms with Gasteiger partial charge in [-0.2, -0.15) is 13.2 Å². The van der Waals surface area contributed by atoms with Gasteiger partial charge in [0.25, 0.3) is 5.91 Å². The average Bonchev–Trinajstić information content (AvgIpc) is 3.33. The summed E-state index contributed by atoms with van der Waals surface area (Å²) in [6, 6.07) is 9.39. The lowest BCUT2D eigenvalue weighted by Gasteiger charge is -2.42. The molecule has 2 aromatic carbocycles. The molecule has 6 rings (SSSR count). The molecule has 4 aliphatic rings. The first kappa shape index (κ1) is 39.9. The van der Waals surface area contributed by atoms with Gasteiger partial charge in [0.2, 0.25) is 0 Å². The highest BCUT2D eigenvalue weighted by Gasteiger charge is 2.39. The number of piperidine rings is 3. The zero-order chi connectivity index (χ0) is 39.4. The van der Waals surface area contributed by atoms with Crippen LogP contribution in [0.2, 0.25) is 5.02 Å². The molecule has 298 valence electrons. The van der Waals surface area contributed by atoms with E-state index in [0.717, 1.165) is 17.3 Å². The summed E-state index contributed by atoms with van der Waals surface area (Å²) in [7, 11) is 0. The lowest BCUT2D eigenvalue weighted by atomic mass is 9.97. The molecule has 3 fully saturated rings. The van der Waals surface area contributed by atoms with Crippen LogP contribution in [0, 0.1) is 0 Å². The molecule has 0 aromatic heterocycles. The highest BCUT2D eigenvalue weighted by molar-refractivity contribution is 6.33. The third-order valence-corrected chi connectivity index (χ3v) is 11.3. The molecule has 0 unspecified atom stereocenters. The molecule has 2 aromatic rings. The smallest absolute Gasteiger partial charge is 0.418 e. The molecule has 18 heteroatoms. The van der Waals surface area contributed by atoms with Crippen molar-refractivity contribution in [1.82, 2.24) is 19.6 Å². The van der Waals surface area contributed by atoms with Crippen molar-refractivity contribution in [2.75, 3.05) is 56.9 Å². The van der Waals surface area contributed by atoms with Gasteiger partial charge in [-0.25, -0.2) is 19.2 Å². The second kappa shape index (κ2) is 16.9. The predicted molar refractivity (Wildman–Crippen MR) is 193 cm³/mol. The topological polar surface area (TPSA) is 175 Å². The fraction of sp³-hybridized carbons (Fsp3) is 0.541. The minimum atomic E-state index is -4.81. The quantitative estimate of drug-likeness (QED) is 0.204. The molecular formula is C37H44ClF3N6O8. The predicted octanol–water partition coefficient (Wildman–Crippen LogP) is 4.63. The van der Waals surface area contributed by atoms with Crippen molar-refractivity contribution >= 4 is 52.9 Å². The van der Waals surface area contributed by atoms with Crippen molar-refractivity contribution in [1.29, 1.82) is 0 Å². The molecule has 4 N–H and O–H groups in total. The Hall–Kier alpha value is -4.77. The number of esters is 1. The SMILES string of the molecule is Nc1c(Cl)cc(C[C@@H](OC(=O)N2CCC(N3CCc4ccccc4NC3=O)CC2)C(=O)N2CCC(N3CCC(OC(=O)C(=O)O)CC3)CC2)cc1C(F)(F)F. The highest BCUT2D eigenvalue weighted by Crippen LogP contribution is 2.38. The number of carboxylic acid groups (broad SMARTS) is 1. The number of hydrogen-bond acceptors (Lipinski definition) is 9. The fourth-order valence-electron chi connectivity index (χ4n) is 7.93. The average molecular weight is 793 g/mol. The van der Waals surface area contributed by atoms with E-state index in [1.807, 2.05) is 24.3 Å². The van der Waals surface area contributed by atoms with Gasteiger partial charge in [0, 0.05) is 70.0 Å². The lowest BCUT2D eigenvalue weighted by Crippen LogP contribution is -2.53. The number of aliphatic carboxylic acids is 1. The summed E-state index contributed by atoms with van der Waals surface area (Å²) >= 11 is 6.10. The number of nitrogens with one attached hydrogen (secondary N) is 1. The van der Waals surface area contributed by atoms with Crippen LogP contribution >= 0.6 is 11.6 Å². The van der Waals surface area contributed by atoms with Crippen LogP contribution in [0.25, 0.3) is 0 Å². The van der Waals surface area contributed by atoms with Crippen LogP contribution < -0.4 is 11.1 Å². The summed E-state index contributed by atoms with van der Waals surface area (Å²) in [6.07, 6.45) is -4.25. The van der Waals surface area contributed by atoms with E-state index < -0.39 is 53.6 Å². The van der Waals surface area contributed by atoms with Crippen LogP contribution in [0.4, 0.5) is 34.1 Å². The fourth-order valence-corrected chi connectivity index (χ4v) is 8.17. The first-order chi connectivity index (χ1) is 26.2. The number of carbonyl (C=O) groups excluding carboxylic acids is 4. The molecule has 0 bridgehead atoms. The zero-order valence-electron chi connectivity index (χ0n) is 30.1. The number of benzene rings is 2. The van der Waals surface area contributed by atoms with Gasteiger partial charge in [-0.15, -0.1) is 0 Å². The number of nitrogens with zero attached hydrogens (tertiary/aromatic N) is 4. The second-order valence-electron chi connectivity index (χ2n) is 14.4. The molecule has 4 heterocycles. The molecular weight excluding hydrogens is 749 g/mol. The number of alkyl halides is 3. The highest BCUT2D eigenvalue weighted by atomic mass is 35.5. The molecule has 1 atom stereocenters. The summed E-state index contributed by atoms with van der Waals surface area (Å²) in [4.78, 5) is 70.0. The molecule has 0 saturated carbocycles. The molecule has 0 aliphatic carbocycles. The van der Waals surface area contributed by atoms with E-state index >= 15 is 0 Å². The normalized spacial score (nSPS) is 19.9.